The van der Waals surface area contributed by atoms with Crippen LogP contribution >= 0.6 is 11.3 Å². The second-order valence-electron chi connectivity index (χ2n) is 7.71. The number of hydrogen-bond donors (Lipinski definition) is 0. The number of hydrogen-bond acceptors (Lipinski definition) is 5. The van der Waals surface area contributed by atoms with E-state index in [1.54, 1.807) is 17.5 Å². The molecule has 0 aliphatic carbocycles. The van der Waals surface area contributed by atoms with Crippen molar-refractivity contribution in [1.29, 1.82) is 0 Å². The average molecular weight is 393 g/mol. The van der Waals surface area contributed by atoms with Crippen LogP contribution in [0.1, 0.15) is 47.0 Å². The number of aromatic nitrogens is 2. The molecule has 4 heterocycles. The van der Waals surface area contributed by atoms with E-state index < -0.39 is 0 Å². The zero-order chi connectivity index (χ0) is 18.9. The summed E-state index contributed by atoms with van der Waals surface area (Å²) in [6.07, 6.45) is 6.27. The second-order valence-corrected chi connectivity index (χ2v) is 8.77. The minimum atomic E-state index is 0.140. The number of pyridine rings is 1. The molecule has 2 aliphatic rings. The Morgan fingerprint density at radius 1 is 1.07 bits per heavy atom. The summed E-state index contributed by atoms with van der Waals surface area (Å²) in [6, 6.07) is 12.2. The first-order valence-corrected chi connectivity index (χ1v) is 11.0. The highest BCUT2D eigenvalue weighted by Gasteiger charge is 2.26. The summed E-state index contributed by atoms with van der Waals surface area (Å²) in [4.78, 5) is 26.5. The molecule has 2 fully saturated rings. The number of rotatable bonds is 3. The molecule has 2 aliphatic heterocycles. The number of piperidine rings is 1. The van der Waals surface area contributed by atoms with Gasteiger partial charge in [0.05, 0.1) is 15.2 Å². The lowest BCUT2D eigenvalue weighted by molar-refractivity contribution is 0.0792. The van der Waals surface area contributed by atoms with Gasteiger partial charge >= 0.3 is 0 Å². The van der Waals surface area contributed by atoms with Crippen LogP contribution < -0.4 is 4.90 Å². The van der Waals surface area contributed by atoms with Crippen LogP contribution in [0.5, 0.6) is 0 Å². The van der Waals surface area contributed by atoms with Gasteiger partial charge in [-0.3, -0.25) is 4.79 Å². The Bertz CT molecular complexity index is 962. The van der Waals surface area contributed by atoms with Gasteiger partial charge in [0.2, 0.25) is 0 Å². The highest BCUT2D eigenvalue weighted by Crippen LogP contribution is 2.34. The van der Waals surface area contributed by atoms with Crippen molar-refractivity contribution in [2.24, 2.45) is 0 Å². The van der Waals surface area contributed by atoms with Crippen molar-refractivity contribution >= 4 is 33.3 Å². The molecule has 1 atom stereocenters. The van der Waals surface area contributed by atoms with Crippen LogP contribution in [0.15, 0.2) is 42.6 Å². The molecule has 5 rings (SSSR count). The fourth-order valence-corrected chi connectivity index (χ4v) is 5.37. The lowest BCUT2D eigenvalue weighted by atomic mass is 9.98. The molecule has 2 saturated heterocycles. The summed E-state index contributed by atoms with van der Waals surface area (Å²) in [7, 11) is 0. The Morgan fingerprint density at radius 3 is 2.79 bits per heavy atom. The molecule has 1 amide bonds. The molecule has 3 aromatic rings. The van der Waals surface area contributed by atoms with Gasteiger partial charge in [0.1, 0.15) is 5.82 Å². The fraction of sp³-hybridized carbons (Fsp3) is 0.409. The molecule has 1 aromatic carbocycles. The van der Waals surface area contributed by atoms with Crippen LogP contribution in [0.25, 0.3) is 10.2 Å². The molecule has 144 valence electrons. The van der Waals surface area contributed by atoms with Crippen molar-refractivity contribution < 1.29 is 4.79 Å². The average Bonchev–Trinajstić information content (AvgIpc) is 3.43. The molecule has 0 N–H and O–H groups in total. The van der Waals surface area contributed by atoms with Crippen molar-refractivity contribution in [3.8, 4) is 0 Å². The van der Waals surface area contributed by atoms with Crippen LogP contribution in [0.4, 0.5) is 5.82 Å². The van der Waals surface area contributed by atoms with Gasteiger partial charge in [-0.25, -0.2) is 9.97 Å². The molecule has 0 bridgehead atoms. The van der Waals surface area contributed by atoms with E-state index in [9.17, 15) is 4.79 Å². The van der Waals surface area contributed by atoms with Crippen LogP contribution in [0, 0.1) is 0 Å². The summed E-state index contributed by atoms with van der Waals surface area (Å²) in [5.74, 6) is 1.47. The van der Waals surface area contributed by atoms with Gasteiger partial charge < -0.3 is 9.80 Å². The van der Waals surface area contributed by atoms with Gasteiger partial charge in [-0.2, -0.15) is 0 Å². The summed E-state index contributed by atoms with van der Waals surface area (Å²) in [5.41, 5.74) is 1.85. The molecule has 6 heteroatoms. The van der Waals surface area contributed by atoms with E-state index in [0.717, 1.165) is 68.8 Å². The highest BCUT2D eigenvalue weighted by atomic mass is 32.1. The van der Waals surface area contributed by atoms with Crippen LogP contribution in [-0.2, 0) is 0 Å². The van der Waals surface area contributed by atoms with Gasteiger partial charge in [0.15, 0.2) is 0 Å². The molecular weight excluding hydrogens is 368 g/mol. The van der Waals surface area contributed by atoms with E-state index in [1.807, 2.05) is 23.1 Å². The zero-order valence-electron chi connectivity index (χ0n) is 15.9. The van der Waals surface area contributed by atoms with E-state index in [4.69, 9.17) is 4.98 Å². The number of thiazole rings is 1. The van der Waals surface area contributed by atoms with Crippen LogP contribution in [-0.4, -0.2) is 47.0 Å². The Morgan fingerprint density at radius 2 is 1.93 bits per heavy atom. The zero-order valence-corrected chi connectivity index (χ0v) is 16.7. The molecule has 5 nitrogen and oxygen atoms in total. The van der Waals surface area contributed by atoms with E-state index in [1.165, 1.54) is 9.71 Å². The first kappa shape index (κ1) is 17.6. The maximum atomic E-state index is 12.7. The lowest BCUT2D eigenvalue weighted by Crippen LogP contribution is -2.35. The van der Waals surface area contributed by atoms with Gasteiger partial charge in [-0.1, -0.05) is 12.1 Å². The minimum Gasteiger partial charge on any atom is -0.356 e. The third kappa shape index (κ3) is 3.37. The van der Waals surface area contributed by atoms with Gasteiger partial charge in [-0.05, 0) is 49.9 Å². The van der Waals surface area contributed by atoms with Crippen molar-refractivity contribution in [1.82, 2.24) is 14.9 Å². The summed E-state index contributed by atoms with van der Waals surface area (Å²) < 4.78 is 1.26. The second kappa shape index (κ2) is 7.51. The Balaban J connectivity index is 1.36. The van der Waals surface area contributed by atoms with Gasteiger partial charge in [0, 0.05) is 43.9 Å². The molecule has 0 saturated carbocycles. The lowest BCUT2D eigenvalue weighted by Gasteiger charge is -2.33. The molecule has 1 unspecified atom stereocenters. The smallest absolute Gasteiger partial charge is 0.254 e. The maximum Gasteiger partial charge on any atom is 0.254 e. The minimum absolute atomic E-state index is 0.140. The summed E-state index contributed by atoms with van der Waals surface area (Å²) >= 11 is 1.81. The first-order valence-electron chi connectivity index (χ1n) is 10.1. The van der Waals surface area contributed by atoms with Crippen molar-refractivity contribution in [3.63, 3.8) is 0 Å². The van der Waals surface area contributed by atoms with Gasteiger partial charge in [-0.15, -0.1) is 11.3 Å². The van der Waals surface area contributed by atoms with E-state index in [-0.39, 0.29) is 5.91 Å². The summed E-state index contributed by atoms with van der Waals surface area (Å²) in [6.45, 7) is 3.64. The third-order valence-electron chi connectivity index (χ3n) is 5.79. The normalized spacial score (nSPS) is 20.1. The summed E-state index contributed by atoms with van der Waals surface area (Å²) in [5, 5.41) is 1.22. The van der Waals surface area contributed by atoms with Crippen molar-refractivity contribution in [2.75, 3.05) is 31.1 Å². The number of carbonyl (C=O) groups excluding carboxylic acids is 1. The molecule has 28 heavy (non-hydrogen) atoms. The molecule has 0 radical (unpaired) electrons. The quantitative estimate of drug-likeness (QED) is 0.666. The fourth-order valence-electron chi connectivity index (χ4n) is 4.28. The van der Waals surface area contributed by atoms with Gasteiger partial charge in [0.25, 0.3) is 5.91 Å². The Hall–Kier alpha value is -2.47. The molecular formula is C22H24N4OS. The maximum absolute atomic E-state index is 12.7. The molecule has 0 spiro atoms. The number of anilines is 1. The predicted molar refractivity (Wildman–Crippen MR) is 113 cm³/mol. The highest BCUT2D eigenvalue weighted by molar-refractivity contribution is 7.18. The van der Waals surface area contributed by atoms with Crippen LogP contribution in [0.3, 0.4) is 0 Å². The topological polar surface area (TPSA) is 49.3 Å². The third-order valence-corrected chi connectivity index (χ3v) is 6.99. The standard InChI is InChI=1S/C22H24N4OS/c27-22(25-11-3-4-12-25)16-9-10-23-20(14-16)26-13-5-6-17(15-26)21-24-18-7-1-2-8-19(18)28-21/h1-2,7-10,14,17H,3-6,11-13,15H2. The number of amides is 1. The predicted octanol–water partition coefficient (Wildman–Crippen LogP) is 4.31. The van der Waals surface area contributed by atoms with E-state index in [2.05, 4.69) is 28.1 Å². The number of fused-ring (bicyclic) bond motifs is 1. The van der Waals surface area contributed by atoms with E-state index >= 15 is 0 Å². The number of likely N-dealkylation sites (tertiary alicyclic amines) is 1. The molecule has 2 aromatic heterocycles. The Labute approximate surface area is 169 Å². The van der Waals surface area contributed by atoms with Crippen LogP contribution in [0.2, 0.25) is 0 Å². The number of para-hydroxylation sites is 1. The Kier molecular flexibility index (Phi) is 4.72. The van der Waals surface area contributed by atoms with Crippen molar-refractivity contribution in [3.05, 3.63) is 53.2 Å². The van der Waals surface area contributed by atoms with Crippen molar-refractivity contribution in [2.45, 2.75) is 31.6 Å². The largest absolute Gasteiger partial charge is 0.356 e. The number of carbonyl (C=O) groups is 1. The number of benzene rings is 1. The SMILES string of the molecule is O=C(c1ccnc(N2CCCC(c3nc4ccccc4s3)C2)c1)N1CCCC1. The van der Waals surface area contributed by atoms with E-state index in [0.29, 0.717) is 5.92 Å². The first-order chi connectivity index (χ1) is 13.8. The monoisotopic (exact) mass is 392 g/mol. The number of nitrogens with zero attached hydrogens (tertiary/aromatic N) is 4.